The molecule has 0 bridgehead atoms. The number of fused-ring (bicyclic) bond motifs is 1. The lowest BCUT2D eigenvalue weighted by Gasteiger charge is -2.20. The number of benzene rings is 1. The summed E-state index contributed by atoms with van der Waals surface area (Å²) < 4.78 is 29.3. The van der Waals surface area contributed by atoms with Gasteiger partial charge in [0.1, 0.15) is 17.0 Å². The summed E-state index contributed by atoms with van der Waals surface area (Å²) in [4.78, 5) is 20.7. The van der Waals surface area contributed by atoms with E-state index >= 15 is 0 Å². The van der Waals surface area contributed by atoms with Crippen LogP contribution in [0.4, 0.5) is 13.9 Å². The SMILES string of the molecule is CN(C)CCCN(C(=O)c1ccnn1C)c1nc2c(F)cc(F)cc2s1.Cl. The third-order valence-electron chi connectivity index (χ3n) is 3.91. The van der Waals surface area contributed by atoms with E-state index in [1.165, 1.54) is 15.6 Å². The highest BCUT2D eigenvalue weighted by atomic mass is 35.5. The highest BCUT2D eigenvalue weighted by Gasteiger charge is 2.24. The zero-order valence-corrected chi connectivity index (χ0v) is 16.8. The van der Waals surface area contributed by atoms with Gasteiger partial charge in [0.05, 0.1) is 4.70 Å². The van der Waals surface area contributed by atoms with E-state index in [-0.39, 0.29) is 23.8 Å². The van der Waals surface area contributed by atoms with Crippen molar-refractivity contribution in [2.45, 2.75) is 6.42 Å². The van der Waals surface area contributed by atoms with Crippen molar-refractivity contribution >= 4 is 45.0 Å². The maximum atomic E-state index is 14.0. The Balaban J connectivity index is 0.00000261. The first kappa shape index (κ1) is 21.2. The van der Waals surface area contributed by atoms with Crippen LogP contribution < -0.4 is 4.90 Å². The second-order valence-corrected chi connectivity index (χ2v) is 7.19. The lowest BCUT2D eigenvalue weighted by Crippen LogP contribution is -2.34. The number of carbonyl (C=O) groups is 1. The summed E-state index contributed by atoms with van der Waals surface area (Å²) in [7, 11) is 5.57. The van der Waals surface area contributed by atoms with E-state index < -0.39 is 11.6 Å². The summed E-state index contributed by atoms with van der Waals surface area (Å²) in [5.41, 5.74) is 0.475. The van der Waals surface area contributed by atoms with Crippen LogP contribution in [0, 0.1) is 11.6 Å². The van der Waals surface area contributed by atoms with Crippen molar-refractivity contribution in [3.05, 3.63) is 41.7 Å². The zero-order valence-electron chi connectivity index (χ0n) is 15.1. The van der Waals surface area contributed by atoms with Gasteiger partial charge in [0, 0.05) is 25.9 Å². The standard InChI is InChI=1S/C17H19F2N5OS.ClH/c1-22(2)7-4-8-24(16(25)13-5-6-20-23(13)3)17-21-15-12(19)9-11(18)10-14(15)26-17;/h5-6,9-10H,4,7-8H2,1-3H3;1H. The minimum absolute atomic E-state index is 0. The molecule has 0 fully saturated rings. The van der Waals surface area contributed by atoms with Crippen molar-refractivity contribution in [2.75, 3.05) is 32.1 Å². The van der Waals surface area contributed by atoms with Crippen LogP contribution in [0.5, 0.6) is 0 Å². The third kappa shape index (κ3) is 4.60. The first-order chi connectivity index (χ1) is 12.4. The van der Waals surface area contributed by atoms with Crippen LogP contribution in [0.3, 0.4) is 0 Å². The van der Waals surface area contributed by atoms with E-state index in [0.717, 1.165) is 23.9 Å². The largest absolute Gasteiger partial charge is 0.309 e. The summed E-state index contributed by atoms with van der Waals surface area (Å²) in [6.45, 7) is 1.19. The fourth-order valence-electron chi connectivity index (χ4n) is 2.61. The zero-order chi connectivity index (χ0) is 18.8. The maximum absolute atomic E-state index is 14.0. The van der Waals surface area contributed by atoms with Crippen LogP contribution >= 0.6 is 23.7 Å². The average molecular weight is 416 g/mol. The Kier molecular flexibility index (Phi) is 6.85. The molecule has 0 N–H and O–H groups in total. The first-order valence-electron chi connectivity index (χ1n) is 8.07. The van der Waals surface area contributed by atoms with Crippen LogP contribution in [0.15, 0.2) is 24.4 Å². The molecule has 1 amide bonds. The van der Waals surface area contributed by atoms with Crippen molar-refractivity contribution in [1.29, 1.82) is 0 Å². The molecule has 0 atom stereocenters. The van der Waals surface area contributed by atoms with Gasteiger partial charge in [0.25, 0.3) is 5.91 Å². The number of hydrogen-bond donors (Lipinski definition) is 0. The lowest BCUT2D eigenvalue weighted by atomic mass is 10.3. The number of hydrogen-bond acceptors (Lipinski definition) is 5. The maximum Gasteiger partial charge on any atom is 0.278 e. The van der Waals surface area contributed by atoms with Gasteiger partial charge in [-0.1, -0.05) is 11.3 Å². The fraction of sp³-hybridized carbons (Fsp3) is 0.353. The number of carbonyl (C=O) groups excluding carboxylic acids is 1. The van der Waals surface area contributed by atoms with E-state index in [1.807, 2.05) is 19.0 Å². The molecular formula is C17H20ClF2N5OS. The van der Waals surface area contributed by atoms with E-state index in [2.05, 4.69) is 10.1 Å². The smallest absolute Gasteiger partial charge is 0.278 e. The van der Waals surface area contributed by atoms with E-state index in [4.69, 9.17) is 0 Å². The minimum atomic E-state index is -0.733. The van der Waals surface area contributed by atoms with E-state index in [9.17, 15) is 13.6 Å². The van der Waals surface area contributed by atoms with Crippen molar-refractivity contribution < 1.29 is 13.6 Å². The number of halogens is 3. The summed E-state index contributed by atoms with van der Waals surface area (Å²) in [5, 5.41) is 4.37. The van der Waals surface area contributed by atoms with E-state index in [0.29, 0.717) is 28.5 Å². The normalized spacial score (nSPS) is 11.0. The summed E-state index contributed by atoms with van der Waals surface area (Å²) in [5.74, 6) is -1.67. The fourth-order valence-corrected chi connectivity index (χ4v) is 3.64. The molecule has 27 heavy (non-hydrogen) atoms. The molecule has 0 radical (unpaired) electrons. The molecule has 0 aliphatic heterocycles. The number of rotatable bonds is 6. The summed E-state index contributed by atoms with van der Waals surface area (Å²) in [6.07, 6.45) is 2.25. The molecule has 146 valence electrons. The Bertz CT molecular complexity index is 943. The van der Waals surface area contributed by atoms with Gasteiger partial charge in [-0.15, -0.1) is 12.4 Å². The summed E-state index contributed by atoms with van der Waals surface area (Å²) in [6, 6.07) is 3.64. The molecule has 1 aromatic carbocycles. The first-order valence-corrected chi connectivity index (χ1v) is 8.88. The molecule has 6 nitrogen and oxygen atoms in total. The van der Waals surface area contributed by atoms with Crippen molar-refractivity contribution in [1.82, 2.24) is 19.7 Å². The Morgan fingerprint density at radius 2 is 2.00 bits per heavy atom. The van der Waals surface area contributed by atoms with Gasteiger partial charge in [0.15, 0.2) is 10.9 Å². The van der Waals surface area contributed by atoms with Crippen LogP contribution in [0.1, 0.15) is 16.9 Å². The van der Waals surface area contributed by atoms with Gasteiger partial charge in [-0.05, 0) is 39.2 Å². The monoisotopic (exact) mass is 415 g/mol. The summed E-state index contributed by atoms with van der Waals surface area (Å²) >= 11 is 1.09. The lowest BCUT2D eigenvalue weighted by molar-refractivity contribution is 0.0977. The molecule has 0 unspecified atom stereocenters. The topological polar surface area (TPSA) is 54.3 Å². The van der Waals surface area contributed by atoms with Crippen LogP contribution in [-0.2, 0) is 7.05 Å². The number of aromatic nitrogens is 3. The predicted octanol–water partition coefficient (Wildman–Crippen LogP) is 3.33. The third-order valence-corrected chi connectivity index (χ3v) is 4.93. The predicted molar refractivity (Wildman–Crippen MR) is 105 cm³/mol. The number of aryl methyl sites for hydroxylation is 1. The van der Waals surface area contributed by atoms with Crippen molar-refractivity contribution in [3.63, 3.8) is 0 Å². The van der Waals surface area contributed by atoms with Crippen LogP contribution in [0.25, 0.3) is 10.2 Å². The molecule has 0 aliphatic rings. The molecular weight excluding hydrogens is 396 g/mol. The molecule has 0 saturated heterocycles. The Morgan fingerprint density at radius 1 is 1.26 bits per heavy atom. The Labute approximate surface area is 165 Å². The van der Waals surface area contributed by atoms with Crippen LogP contribution in [0.2, 0.25) is 0 Å². The number of thiazole rings is 1. The Hall–Kier alpha value is -2.10. The molecule has 0 saturated carbocycles. The van der Waals surface area contributed by atoms with Gasteiger partial charge in [0.2, 0.25) is 0 Å². The number of amides is 1. The van der Waals surface area contributed by atoms with Crippen molar-refractivity contribution in [3.8, 4) is 0 Å². The molecule has 0 spiro atoms. The molecule has 3 rings (SSSR count). The number of anilines is 1. The van der Waals surface area contributed by atoms with Gasteiger partial charge < -0.3 is 4.90 Å². The molecule has 10 heteroatoms. The highest BCUT2D eigenvalue weighted by molar-refractivity contribution is 7.22. The van der Waals surface area contributed by atoms with Gasteiger partial charge in [-0.2, -0.15) is 5.10 Å². The quantitative estimate of drug-likeness (QED) is 0.619. The molecule has 2 aromatic heterocycles. The molecule has 2 heterocycles. The van der Waals surface area contributed by atoms with Gasteiger partial charge in [-0.25, -0.2) is 13.8 Å². The Morgan fingerprint density at radius 3 is 2.63 bits per heavy atom. The van der Waals surface area contributed by atoms with Gasteiger partial charge >= 0.3 is 0 Å². The molecule has 3 aromatic rings. The van der Waals surface area contributed by atoms with Crippen molar-refractivity contribution in [2.24, 2.45) is 7.05 Å². The van der Waals surface area contributed by atoms with Crippen LogP contribution in [-0.4, -0.2) is 52.8 Å². The molecule has 0 aliphatic carbocycles. The highest BCUT2D eigenvalue weighted by Crippen LogP contribution is 2.32. The average Bonchev–Trinajstić information content (AvgIpc) is 3.17. The second kappa shape index (κ2) is 8.73. The second-order valence-electron chi connectivity index (χ2n) is 6.18. The van der Waals surface area contributed by atoms with E-state index in [1.54, 1.807) is 19.3 Å². The number of nitrogens with zero attached hydrogens (tertiary/aromatic N) is 5. The minimum Gasteiger partial charge on any atom is -0.309 e. The van der Waals surface area contributed by atoms with Gasteiger partial charge in [-0.3, -0.25) is 14.4 Å².